The normalized spacial score (nSPS) is 11.6. The zero-order chi connectivity index (χ0) is 14.5. The Morgan fingerprint density at radius 2 is 2.35 bits per heavy atom. The molecule has 7 heteroatoms. The van der Waals surface area contributed by atoms with E-state index < -0.39 is 5.97 Å². The molecule has 0 saturated carbocycles. The number of nitrogens with zero attached hydrogens (tertiary/aromatic N) is 2. The number of H-pyrrole nitrogens is 1. The molecule has 0 amide bonds. The predicted molar refractivity (Wildman–Crippen MR) is 86.4 cm³/mol. The summed E-state index contributed by atoms with van der Waals surface area (Å²) >= 11 is 3.23. The predicted octanol–water partition coefficient (Wildman–Crippen LogP) is 3.19. The van der Waals surface area contributed by atoms with Crippen LogP contribution in [0.25, 0.3) is 6.08 Å². The maximum atomic E-state index is 11.3. The molecule has 0 saturated heterocycles. The molecule has 1 aromatic heterocycles. The van der Waals surface area contributed by atoms with Gasteiger partial charge in [0.2, 0.25) is 5.16 Å². The molecule has 20 heavy (non-hydrogen) atoms. The molecule has 0 aliphatic heterocycles. The second kappa shape index (κ2) is 6.89. The van der Waals surface area contributed by atoms with Crippen LogP contribution in [0.3, 0.4) is 0 Å². The van der Waals surface area contributed by atoms with Crippen molar-refractivity contribution in [3.63, 3.8) is 0 Å². The number of aliphatic carboxylic acids is 1. The van der Waals surface area contributed by atoms with E-state index in [4.69, 9.17) is 0 Å². The fourth-order valence-corrected chi connectivity index (χ4v) is 2.76. The Hall–Kier alpha value is -1.35. The highest BCUT2D eigenvalue weighted by Gasteiger charge is 2.13. The molecule has 1 aromatic carbocycles. The van der Waals surface area contributed by atoms with E-state index in [1.165, 1.54) is 0 Å². The molecule has 0 atom stereocenters. The van der Waals surface area contributed by atoms with Gasteiger partial charge in [-0.15, -0.1) is 5.10 Å². The molecule has 5 nitrogen and oxygen atoms in total. The van der Waals surface area contributed by atoms with Gasteiger partial charge in [-0.2, -0.15) is 0 Å². The fourth-order valence-electron chi connectivity index (χ4n) is 1.46. The number of carboxylic acids is 1. The maximum Gasteiger partial charge on any atom is 0.342 e. The smallest absolute Gasteiger partial charge is 0.342 e. The van der Waals surface area contributed by atoms with Crippen LogP contribution >= 0.6 is 34.4 Å². The van der Waals surface area contributed by atoms with Crippen LogP contribution in [-0.4, -0.2) is 26.3 Å². The van der Waals surface area contributed by atoms with Gasteiger partial charge in [0.25, 0.3) is 0 Å². The number of benzene rings is 1. The van der Waals surface area contributed by atoms with Gasteiger partial charge in [-0.25, -0.2) is 9.78 Å². The van der Waals surface area contributed by atoms with Crippen molar-refractivity contribution in [1.29, 1.82) is 0 Å². The molecule has 0 aliphatic carbocycles. The van der Waals surface area contributed by atoms with Crippen molar-refractivity contribution >= 4 is 46.4 Å². The average molecular weight is 401 g/mol. The molecule has 2 N–H and O–H groups in total. The molecule has 0 bridgehead atoms. The zero-order valence-corrected chi connectivity index (χ0v) is 13.6. The molecule has 2 rings (SSSR count). The molecule has 0 aliphatic rings. The van der Waals surface area contributed by atoms with Gasteiger partial charge < -0.3 is 5.11 Å². The fraction of sp³-hybridized carbons (Fsp3) is 0.154. The van der Waals surface area contributed by atoms with E-state index in [9.17, 15) is 9.90 Å². The van der Waals surface area contributed by atoms with Crippen molar-refractivity contribution in [2.75, 3.05) is 0 Å². The summed E-state index contributed by atoms with van der Waals surface area (Å²) in [7, 11) is 0. The van der Waals surface area contributed by atoms with Gasteiger partial charge in [-0.3, -0.25) is 5.10 Å². The highest BCUT2D eigenvalue weighted by Crippen LogP contribution is 2.26. The Bertz CT molecular complexity index is 655. The lowest BCUT2D eigenvalue weighted by Crippen LogP contribution is -1.97. The second-order valence-corrected chi connectivity index (χ2v) is 6.14. The topological polar surface area (TPSA) is 78.9 Å². The largest absolute Gasteiger partial charge is 0.477 e. The molecule has 0 fully saturated rings. The lowest BCUT2D eigenvalue weighted by Gasteiger charge is -2.00. The third-order valence-electron chi connectivity index (χ3n) is 2.40. The van der Waals surface area contributed by atoms with Gasteiger partial charge in [-0.1, -0.05) is 19.1 Å². The number of nitrogens with one attached hydrogen (secondary N) is 1. The van der Waals surface area contributed by atoms with E-state index in [-0.39, 0.29) is 4.91 Å². The molecule has 2 aromatic rings. The van der Waals surface area contributed by atoms with E-state index in [1.54, 1.807) is 6.08 Å². The maximum absolute atomic E-state index is 11.3. The lowest BCUT2D eigenvalue weighted by molar-refractivity contribution is -0.131. The Morgan fingerprint density at radius 3 is 2.95 bits per heavy atom. The van der Waals surface area contributed by atoms with E-state index in [0.29, 0.717) is 5.16 Å². The number of hydrogen-bond acceptors (Lipinski definition) is 4. The van der Waals surface area contributed by atoms with Crippen LogP contribution in [0.2, 0.25) is 0 Å². The number of carbonyl (C=O) groups is 1. The molecule has 0 spiro atoms. The van der Waals surface area contributed by atoms with Crippen LogP contribution in [-0.2, 0) is 11.2 Å². The number of carboxylic acid groups (broad SMARTS) is 1. The van der Waals surface area contributed by atoms with Crippen molar-refractivity contribution in [3.8, 4) is 0 Å². The SMILES string of the molecule is CCc1nc(S/C(=C\c2cccc(I)c2)C(=O)O)n[nH]1. The third kappa shape index (κ3) is 4.07. The van der Waals surface area contributed by atoms with E-state index in [1.807, 2.05) is 31.2 Å². The quantitative estimate of drug-likeness (QED) is 0.457. The molecule has 0 unspecified atom stereocenters. The minimum absolute atomic E-state index is 0.189. The number of aromatic amines is 1. The summed E-state index contributed by atoms with van der Waals surface area (Å²) in [6, 6.07) is 7.62. The molecular weight excluding hydrogens is 389 g/mol. The monoisotopic (exact) mass is 401 g/mol. The average Bonchev–Trinajstić information content (AvgIpc) is 2.85. The summed E-state index contributed by atoms with van der Waals surface area (Å²) in [4.78, 5) is 15.7. The van der Waals surface area contributed by atoms with Crippen molar-refractivity contribution < 1.29 is 9.90 Å². The van der Waals surface area contributed by atoms with Crippen molar-refractivity contribution in [2.45, 2.75) is 18.5 Å². The number of aromatic nitrogens is 3. The van der Waals surface area contributed by atoms with Crippen molar-refractivity contribution in [3.05, 3.63) is 44.1 Å². The third-order valence-corrected chi connectivity index (χ3v) is 3.95. The summed E-state index contributed by atoms with van der Waals surface area (Å²) in [5, 5.41) is 16.4. The van der Waals surface area contributed by atoms with Crippen LogP contribution < -0.4 is 0 Å². The van der Waals surface area contributed by atoms with E-state index >= 15 is 0 Å². The first kappa shape index (κ1) is 15.0. The summed E-state index contributed by atoms with van der Waals surface area (Å²) in [5.74, 6) is -0.247. The van der Waals surface area contributed by atoms with Gasteiger partial charge >= 0.3 is 5.97 Å². The number of halogens is 1. The van der Waals surface area contributed by atoms with Crippen LogP contribution in [0.1, 0.15) is 18.3 Å². The highest BCUT2D eigenvalue weighted by atomic mass is 127. The van der Waals surface area contributed by atoms with Crippen LogP contribution in [0.15, 0.2) is 34.3 Å². The van der Waals surface area contributed by atoms with Gasteiger partial charge in [0.15, 0.2) is 0 Å². The van der Waals surface area contributed by atoms with Crippen LogP contribution in [0.4, 0.5) is 0 Å². The van der Waals surface area contributed by atoms with Crippen molar-refractivity contribution in [2.24, 2.45) is 0 Å². The first-order valence-corrected chi connectivity index (χ1v) is 7.77. The van der Waals surface area contributed by atoms with Gasteiger partial charge in [-0.05, 0) is 58.1 Å². The van der Waals surface area contributed by atoms with Crippen molar-refractivity contribution in [1.82, 2.24) is 15.2 Å². The molecular formula is C13H12IN3O2S. The van der Waals surface area contributed by atoms with Gasteiger partial charge in [0, 0.05) is 9.99 Å². The standard InChI is InChI=1S/C13H12IN3O2S/c1-2-11-15-13(17-16-11)20-10(12(18)19)7-8-4-3-5-9(14)6-8/h3-7H,2H2,1H3,(H,18,19)(H,15,16,17)/b10-7-. The Balaban J connectivity index is 2.25. The Morgan fingerprint density at radius 1 is 1.55 bits per heavy atom. The Kier molecular flexibility index (Phi) is 5.18. The number of rotatable bonds is 5. The van der Waals surface area contributed by atoms with Gasteiger partial charge in [0.1, 0.15) is 10.7 Å². The summed E-state index contributed by atoms with van der Waals surface area (Å²) in [5.41, 5.74) is 0.841. The summed E-state index contributed by atoms with van der Waals surface area (Å²) in [6.45, 7) is 1.95. The first-order chi connectivity index (χ1) is 9.58. The first-order valence-electron chi connectivity index (χ1n) is 5.88. The zero-order valence-electron chi connectivity index (χ0n) is 10.6. The molecule has 104 valence electrons. The minimum atomic E-state index is -0.989. The van der Waals surface area contributed by atoms with E-state index in [2.05, 4.69) is 37.8 Å². The van der Waals surface area contributed by atoms with E-state index in [0.717, 1.165) is 33.1 Å². The number of aryl methyl sites for hydroxylation is 1. The van der Waals surface area contributed by atoms with Gasteiger partial charge in [0.05, 0.1) is 0 Å². The molecule has 0 radical (unpaired) electrons. The Labute approximate surface area is 134 Å². The summed E-state index contributed by atoms with van der Waals surface area (Å²) in [6.07, 6.45) is 2.35. The number of thioether (sulfide) groups is 1. The van der Waals surface area contributed by atoms with Crippen LogP contribution in [0, 0.1) is 3.57 Å². The second-order valence-electron chi connectivity index (χ2n) is 3.89. The minimum Gasteiger partial charge on any atom is -0.477 e. The summed E-state index contributed by atoms with van der Waals surface area (Å²) < 4.78 is 1.05. The van der Waals surface area contributed by atoms with Crippen LogP contribution in [0.5, 0.6) is 0 Å². The molecule has 1 heterocycles. The number of hydrogen-bond donors (Lipinski definition) is 2. The highest BCUT2D eigenvalue weighted by molar-refractivity contribution is 14.1. The lowest BCUT2D eigenvalue weighted by atomic mass is 10.2.